The summed E-state index contributed by atoms with van der Waals surface area (Å²) in [6, 6.07) is 0. The molecule has 0 aromatic rings. The van der Waals surface area contributed by atoms with Gasteiger partial charge in [0.25, 0.3) is 0 Å². The molecular formula is C11H21NO2. The first kappa shape index (κ1) is 11.5. The third-order valence-electron chi connectivity index (χ3n) is 3.22. The van der Waals surface area contributed by atoms with E-state index < -0.39 is 5.54 Å². The summed E-state index contributed by atoms with van der Waals surface area (Å²) >= 11 is 0. The Balaban J connectivity index is 2.48. The maximum Gasteiger partial charge on any atom is 0.326 e. The average Bonchev–Trinajstić information content (AvgIpc) is 2.56. The Hall–Kier alpha value is -0.570. The number of nitrogens with two attached hydrogens (primary N) is 1. The van der Waals surface area contributed by atoms with Crippen LogP contribution in [0.1, 0.15) is 46.5 Å². The number of hydrogen-bond donors (Lipinski definition) is 1. The first-order valence-electron chi connectivity index (χ1n) is 5.44. The van der Waals surface area contributed by atoms with Gasteiger partial charge in [0.1, 0.15) is 11.6 Å². The Morgan fingerprint density at radius 2 is 1.93 bits per heavy atom. The third-order valence-corrected chi connectivity index (χ3v) is 3.22. The molecule has 0 unspecified atom stereocenters. The van der Waals surface area contributed by atoms with E-state index in [-0.39, 0.29) is 18.0 Å². The van der Waals surface area contributed by atoms with Gasteiger partial charge in [0.05, 0.1) is 0 Å². The maximum atomic E-state index is 11.7. The first-order valence-corrected chi connectivity index (χ1v) is 5.44. The van der Waals surface area contributed by atoms with Gasteiger partial charge in [-0.15, -0.1) is 0 Å². The van der Waals surface area contributed by atoms with E-state index in [1.807, 2.05) is 13.8 Å². The zero-order chi connectivity index (χ0) is 10.8. The lowest BCUT2D eigenvalue weighted by atomic mass is 9.90. The average molecular weight is 199 g/mol. The molecule has 0 radical (unpaired) electrons. The van der Waals surface area contributed by atoms with Gasteiger partial charge in [0, 0.05) is 0 Å². The van der Waals surface area contributed by atoms with E-state index in [0.29, 0.717) is 0 Å². The molecule has 1 saturated carbocycles. The molecule has 2 N–H and O–H groups in total. The normalized spacial score (nSPS) is 22.4. The number of rotatable bonds is 3. The second-order valence-corrected chi connectivity index (χ2v) is 4.75. The quantitative estimate of drug-likeness (QED) is 0.706. The Labute approximate surface area is 86.0 Å². The van der Waals surface area contributed by atoms with Crippen LogP contribution in [0.3, 0.4) is 0 Å². The van der Waals surface area contributed by atoms with Gasteiger partial charge >= 0.3 is 5.97 Å². The summed E-state index contributed by atoms with van der Waals surface area (Å²) in [6.07, 6.45) is 4.45. The molecule has 0 aliphatic heterocycles. The molecule has 0 aromatic heterocycles. The number of ether oxygens (including phenoxy) is 1. The van der Waals surface area contributed by atoms with Gasteiger partial charge in [0.2, 0.25) is 0 Å². The summed E-state index contributed by atoms with van der Waals surface area (Å²) in [7, 11) is 0. The predicted octanol–water partition coefficient (Wildman–Crippen LogP) is 1.85. The molecule has 0 spiro atoms. The van der Waals surface area contributed by atoms with Crippen molar-refractivity contribution in [2.45, 2.75) is 58.1 Å². The minimum absolute atomic E-state index is 0.108. The highest BCUT2D eigenvalue weighted by molar-refractivity contribution is 5.80. The van der Waals surface area contributed by atoms with Crippen molar-refractivity contribution >= 4 is 5.97 Å². The van der Waals surface area contributed by atoms with Crippen molar-refractivity contribution in [1.82, 2.24) is 0 Å². The van der Waals surface area contributed by atoms with Crippen LogP contribution in [0.4, 0.5) is 0 Å². The van der Waals surface area contributed by atoms with Gasteiger partial charge in [-0.05, 0) is 38.5 Å². The van der Waals surface area contributed by atoms with Crippen molar-refractivity contribution in [3.8, 4) is 0 Å². The maximum absolute atomic E-state index is 11.7. The van der Waals surface area contributed by atoms with E-state index in [1.165, 1.54) is 12.8 Å². The third kappa shape index (κ3) is 2.47. The minimum atomic E-state index is -0.845. The van der Waals surface area contributed by atoms with Crippen LogP contribution in [0, 0.1) is 5.92 Å². The fourth-order valence-electron chi connectivity index (χ4n) is 1.52. The monoisotopic (exact) mass is 199 g/mol. The second-order valence-electron chi connectivity index (χ2n) is 4.75. The van der Waals surface area contributed by atoms with Gasteiger partial charge in [-0.1, -0.05) is 13.8 Å². The molecule has 1 rings (SSSR count). The van der Waals surface area contributed by atoms with Crippen LogP contribution in [0.5, 0.6) is 0 Å². The largest absolute Gasteiger partial charge is 0.461 e. The lowest BCUT2D eigenvalue weighted by Crippen LogP contribution is -2.51. The molecule has 1 fully saturated rings. The van der Waals surface area contributed by atoms with Crippen LogP contribution in [0.2, 0.25) is 0 Å². The molecule has 1 atom stereocenters. The lowest BCUT2D eigenvalue weighted by molar-refractivity contribution is -0.156. The predicted molar refractivity (Wildman–Crippen MR) is 55.8 cm³/mol. The highest BCUT2D eigenvalue weighted by Crippen LogP contribution is 2.24. The smallest absolute Gasteiger partial charge is 0.326 e. The molecule has 0 saturated heterocycles. The van der Waals surface area contributed by atoms with Gasteiger partial charge in [-0.3, -0.25) is 4.79 Å². The van der Waals surface area contributed by atoms with E-state index in [1.54, 1.807) is 6.92 Å². The van der Waals surface area contributed by atoms with Crippen molar-refractivity contribution < 1.29 is 9.53 Å². The van der Waals surface area contributed by atoms with Crippen molar-refractivity contribution in [3.05, 3.63) is 0 Å². The molecule has 1 aliphatic carbocycles. The van der Waals surface area contributed by atoms with E-state index in [9.17, 15) is 4.79 Å². The number of carbonyl (C=O) groups excluding carboxylic acids is 1. The van der Waals surface area contributed by atoms with Gasteiger partial charge in [-0.2, -0.15) is 0 Å². The Bertz CT molecular complexity index is 205. The van der Waals surface area contributed by atoms with Crippen LogP contribution in [0.15, 0.2) is 0 Å². The number of carbonyl (C=O) groups is 1. The van der Waals surface area contributed by atoms with Crippen LogP contribution in [-0.4, -0.2) is 17.6 Å². The molecule has 1 aliphatic rings. The second kappa shape index (κ2) is 4.30. The molecule has 0 aromatic carbocycles. The van der Waals surface area contributed by atoms with Crippen molar-refractivity contribution in [2.75, 3.05) is 0 Å². The van der Waals surface area contributed by atoms with Crippen LogP contribution < -0.4 is 5.73 Å². The van der Waals surface area contributed by atoms with Gasteiger partial charge in [0.15, 0.2) is 0 Å². The van der Waals surface area contributed by atoms with E-state index in [0.717, 1.165) is 12.8 Å². The van der Waals surface area contributed by atoms with Gasteiger partial charge in [-0.25, -0.2) is 0 Å². The van der Waals surface area contributed by atoms with E-state index in [4.69, 9.17) is 10.5 Å². The van der Waals surface area contributed by atoms with Crippen LogP contribution in [-0.2, 0) is 9.53 Å². The first-order chi connectivity index (χ1) is 6.44. The summed E-state index contributed by atoms with van der Waals surface area (Å²) < 4.78 is 5.37. The van der Waals surface area contributed by atoms with Crippen molar-refractivity contribution in [2.24, 2.45) is 11.7 Å². The Morgan fingerprint density at radius 3 is 2.36 bits per heavy atom. The molecule has 3 heteroatoms. The van der Waals surface area contributed by atoms with Crippen LogP contribution >= 0.6 is 0 Å². The summed E-state index contributed by atoms with van der Waals surface area (Å²) in [6.45, 7) is 5.63. The SMILES string of the molecule is CC(C)[C@@](C)(N)C(=O)OC1CCCC1. The standard InChI is InChI=1S/C11H21NO2/c1-8(2)11(3,12)10(13)14-9-6-4-5-7-9/h8-9H,4-7,12H2,1-3H3/t11-/m1/s1. The zero-order valence-corrected chi connectivity index (χ0v) is 9.38. The molecule has 0 bridgehead atoms. The summed E-state index contributed by atoms with van der Waals surface area (Å²) in [5, 5.41) is 0. The molecule has 0 amide bonds. The fourth-order valence-corrected chi connectivity index (χ4v) is 1.52. The van der Waals surface area contributed by atoms with E-state index >= 15 is 0 Å². The highest BCUT2D eigenvalue weighted by Gasteiger charge is 2.35. The minimum Gasteiger partial charge on any atom is -0.461 e. The zero-order valence-electron chi connectivity index (χ0n) is 9.38. The molecule has 14 heavy (non-hydrogen) atoms. The molecule has 0 heterocycles. The number of esters is 1. The summed E-state index contributed by atoms with van der Waals surface area (Å²) in [5.74, 6) is -0.143. The molecule has 3 nitrogen and oxygen atoms in total. The van der Waals surface area contributed by atoms with Crippen molar-refractivity contribution in [3.63, 3.8) is 0 Å². The lowest BCUT2D eigenvalue weighted by Gasteiger charge is -2.28. The Kier molecular flexibility index (Phi) is 3.53. The van der Waals surface area contributed by atoms with Crippen LogP contribution in [0.25, 0.3) is 0 Å². The topological polar surface area (TPSA) is 52.3 Å². The summed E-state index contributed by atoms with van der Waals surface area (Å²) in [4.78, 5) is 11.7. The van der Waals surface area contributed by atoms with Gasteiger partial charge < -0.3 is 10.5 Å². The number of hydrogen-bond acceptors (Lipinski definition) is 3. The fraction of sp³-hybridized carbons (Fsp3) is 0.909. The molecular weight excluding hydrogens is 178 g/mol. The molecule has 82 valence electrons. The van der Waals surface area contributed by atoms with Crippen molar-refractivity contribution in [1.29, 1.82) is 0 Å². The Morgan fingerprint density at radius 1 is 1.43 bits per heavy atom. The highest BCUT2D eigenvalue weighted by atomic mass is 16.5. The van der Waals surface area contributed by atoms with E-state index in [2.05, 4.69) is 0 Å². The summed E-state index contributed by atoms with van der Waals surface area (Å²) in [5.41, 5.74) is 5.06.